The van der Waals surface area contributed by atoms with Crippen molar-refractivity contribution in [3.8, 4) is 11.5 Å². The summed E-state index contributed by atoms with van der Waals surface area (Å²) in [5.41, 5.74) is 6.02. The van der Waals surface area contributed by atoms with Crippen LogP contribution in [0.2, 0.25) is 5.02 Å². The Morgan fingerprint density at radius 2 is 2.15 bits per heavy atom. The SMILES string of the molecule is COc1cnc(CN)c(Cl)c1OC. The Labute approximate surface area is 81.6 Å². The van der Waals surface area contributed by atoms with Gasteiger partial charge in [-0.1, -0.05) is 11.6 Å². The van der Waals surface area contributed by atoms with Gasteiger partial charge in [0.05, 0.1) is 26.1 Å². The molecule has 0 radical (unpaired) electrons. The molecule has 0 saturated heterocycles. The van der Waals surface area contributed by atoms with Gasteiger partial charge in [0.15, 0.2) is 11.5 Å². The first-order valence-electron chi connectivity index (χ1n) is 3.70. The number of aromatic nitrogens is 1. The van der Waals surface area contributed by atoms with Crippen LogP contribution in [0, 0.1) is 0 Å². The smallest absolute Gasteiger partial charge is 0.182 e. The molecule has 0 fully saturated rings. The molecule has 0 aliphatic carbocycles. The standard InChI is InChI=1S/C8H11ClN2O2/c1-12-6-4-11-5(3-10)7(9)8(6)13-2/h4H,3,10H2,1-2H3. The van der Waals surface area contributed by atoms with E-state index < -0.39 is 0 Å². The predicted octanol–water partition coefficient (Wildman–Crippen LogP) is 1.21. The fourth-order valence-corrected chi connectivity index (χ4v) is 1.27. The van der Waals surface area contributed by atoms with Crippen molar-refractivity contribution < 1.29 is 9.47 Å². The molecule has 5 heteroatoms. The van der Waals surface area contributed by atoms with Crippen molar-refractivity contribution in [1.82, 2.24) is 4.98 Å². The van der Waals surface area contributed by atoms with Gasteiger partial charge in [-0.3, -0.25) is 4.98 Å². The molecule has 1 heterocycles. The summed E-state index contributed by atoms with van der Waals surface area (Å²) in [6.07, 6.45) is 1.53. The topological polar surface area (TPSA) is 57.4 Å². The monoisotopic (exact) mass is 202 g/mol. The number of rotatable bonds is 3. The van der Waals surface area contributed by atoms with Crippen molar-refractivity contribution in [2.24, 2.45) is 5.73 Å². The number of pyridine rings is 1. The van der Waals surface area contributed by atoms with Crippen molar-refractivity contribution in [2.45, 2.75) is 6.54 Å². The quantitative estimate of drug-likeness (QED) is 0.801. The number of hydrogen-bond acceptors (Lipinski definition) is 4. The van der Waals surface area contributed by atoms with Gasteiger partial charge in [0.25, 0.3) is 0 Å². The Hall–Kier alpha value is -1.00. The minimum absolute atomic E-state index is 0.277. The van der Waals surface area contributed by atoms with Gasteiger partial charge < -0.3 is 15.2 Å². The Morgan fingerprint density at radius 3 is 2.62 bits per heavy atom. The van der Waals surface area contributed by atoms with Crippen LogP contribution < -0.4 is 15.2 Å². The third-order valence-corrected chi connectivity index (χ3v) is 2.02. The van der Waals surface area contributed by atoms with Crippen molar-refractivity contribution in [3.05, 3.63) is 16.9 Å². The summed E-state index contributed by atoms with van der Waals surface area (Å²) in [4.78, 5) is 4.01. The maximum absolute atomic E-state index is 5.95. The lowest BCUT2D eigenvalue weighted by Gasteiger charge is -2.10. The molecule has 4 nitrogen and oxygen atoms in total. The van der Waals surface area contributed by atoms with Crippen LogP contribution in [-0.2, 0) is 6.54 Å². The molecule has 0 unspecified atom stereocenters. The van der Waals surface area contributed by atoms with E-state index in [9.17, 15) is 0 Å². The zero-order chi connectivity index (χ0) is 9.84. The molecular weight excluding hydrogens is 192 g/mol. The lowest BCUT2D eigenvalue weighted by molar-refractivity contribution is 0.353. The molecule has 0 aromatic carbocycles. The van der Waals surface area contributed by atoms with Gasteiger partial charge in [-0.2, -0.15) is 0 Å². The summed E-state index contributed by atoms with van der Waals surface area (Å²) in [5.74, 6) is 0.976. The second-order valence-electron chi connectivity index (χ2n) is 2.32. The first-order chi connectivity index (χ1) is 6.24. The average Bonchev–Trinajstić information content (AvgIpc) is 2.17. The van der Waals surface area contributed by atoms with Gasteiger partial charge >= 0.3 is 0 Å². The minimum atomic E-state index is 0.277. The normalized spacial score (nSPS) is 9.85. The second kappa shape index (κ2) is 4.30. The first-order valence-corrected chi connectivity index (χ1v) is 4.07. The molecule has 0 saturated carbocycles. The van der Waals surface area contributed by atoms with Crippen LogP contribution in [-0.4, -0.2) is 19.2 Å². The third kappa shape index (κ3) is 1.84. The number of ether oxygens (including phenoxy) is 2. The van der Waals surface area contributed by atoms with Crippen LogP contribution in [0.25, 0.3) is 0 Å². The van der Waals surface area contributed by atoms with Gasteiger partial charge in [0.2, 0.25) is 0 Å². The van der Waals surface area contributed by atoms with Crippen LogP contribution in [0.4, 0.5) is 0 Å². The summed E-state index contributed by atoms with van der Waals surface area (Å²) >= 11 is 5.95. The van der Waals surface area contributed by atoms with E-state index in [1.807, 2.05) is 0 Å². The van der Waals surface area contributed by atoms with Gasteiger partial charge in [0, 0.05) is 6.54 Å². The first kappa shape index (κ1) is 10.1. The summed E-state index contributed by atoms with van der Waals surface area (Å²) in [7, 11) is 3.04. The van der Waals surface area contributed by atoms with E-state index >= 15 is 0 Å². The lowest BCUT2D eigenvalue weighted by Crippen LogP contribution is -2.03. The molecule has 2 N–H and O–H groups in total. The Bertz CT molecular complexity index is 304. The van der Waals surface area contributed by atoms with E-state index in [2.05, 4.69) is 4.98 Å². The highest BCUT2D eigenvalue weighted by molar-refractivity contribution is 6.32. The third-order valence-electron chi connectivity index (χ3n) is 1.63. The maximum Gasteiger partial charge on any atom is 0.182 e. The van der Waals surface area contributed by atoms with E-state index in [0.717, 1.165) is 0 Å². The van der Waals surface area contributed by atoms with Crippen molar-refractivity contribution >= 4 is 11.6 Å². The summed E-state index contributed by atoms with van der Waals surface area (Å²) in [5, 5.41) is 0.407. The van der Waals surface area contributed by atoms with Crippen LogP contribution in [0.5, 0.6) is 11.5 Å². The van der Waals surface area contributed by atoms with Gasteiger partial charge in [-0.15, -0.1) is 0 Å². The minimum Gasteiger partial charge on any atom is -0.491 e. The lowest BCUT2D eigenvalue weighted by atomic mass is 10.3. The molecule has 1 aromatic heterocycles. The fraction of sp³-hybridized carbons (Fsp3) is 0.375. The van der Waals surface area contributed by atoms with Gasteiger partial charge in [0.1, 0.15) is 5.02 Å². The van der Waals surface area contributed by atoms with Crippen LogP contribution in [0.1, 0.15) is 5.69 Å². The zero-order valence-electron chi connectivity index (χ0n) is 7.50. The van der Waals surface area contributed by atoms with E-state index in [4.69, 9.17) is 26.8 Å². The van der Waals surface area contributed by atoms with Crippen LogP contribution >= 0.6 is 11.6 Å². The van der Waals surface area contributed by atoms with E-state index in [1.165, 1.54) is 20.4 Å². The number of methoxy groups -OCH3 is 2. The predicted molar refractivity (Wildman–Crippen MR) is 50.2 cm³/mol. The molecule has 72 valence electrons. The average molecular weight is 203 g/mol. The molecule has 0 aliphatic rings. The highest BCUT2D eigenvalue weighted by atomic mass is 35.5. The van der Waals surface area contributed by atoms with Crippen molar-refractivity contribution in [3.63, 3.8) is 0 Å². The zero-order valence-corrected chi connectivity index (χ0v) is 8.26. The van der Waals surface area contributed by atoms with E-state index in [-0.39, 0.29) is 6.54 Å². The second-order valence-corrected chi connectivity index (χ2v) is 2.70. The van der Waals surface area contributed by atoms with Crippen LogP contribution in [0.3, 0.4) is 0 Å². The Balaban J connectivity index is 3.23. The molecule has 0 atom stereocenters. The van der Waals surface area contributed by atoms with Crippen molar-refractivity contribution in [1.29, 1.82) is 0 Å². The summed E-state index contributed by atoms with van der Waals surface area (Å²) in [6.45, 7) is 0.277. The largest absolute Gasteiger partial charge is 0.491 e. The Morgan fingerprint density at radius 1 is 1.46 bits per heavy atom. The molecule has 0 aliphatic heterocycles. The molecule has 13 heavy (non-hydrogen) atoms. The Kier molecular flexibility index (Phi) is 3.33. The number of halogens is 1. The fourth-order valence-electron chi connectivity index (χ4n) is 0.969. The number of hydrogen-bond donors (Lipinski definition) is 1. The van der Waals surface area contributed by atoms with Crippen LogP contribution in [0.15, 0.2) is 6.20 Å². The van der Waals surface area contributed by atoms with Crippen molar-refractivity contribution in [2.75, 3.05) is 14.2 Å². The molecule has 0 amide bonds. The van der Waals surface area contributed by atoms with E-state index in [0.29, 0.717) is 22.2 Å². The van der Waals surface area contributed by atoms with Gasteiger partial charge in [-0.25, -0.2) is 0 Å². The van der Waals surface area contributed by atoms with E-state index in [1.54, 1.807) is 0 Å². The van der Waals surface area contributed by atoms with Gasteiger partial charge in [-0.05, 0) is 0 Å². The number of nitrogens with zero attached hydrogens (tertiary/aromatic N) is 1. The molecule has 1 rings (SSSR count). The molecule has 0 bridgehead atoms. The molecular formula is C8H11ClN2O2. The molecule has 0 spiro atoms. The highest BCUT2D eigenvalue weighted by Gasteiger charge is 2.12. The summed E-state index contributed by atoms with van der Waals surface area (Å²) < 4.78 is 10.1. The molecule has 1 aromatic rings. The highest BCUT2D eigenvalue weighted by Crippen LogP contribution is 2.35. The summed E-state index contributed by atoms with van der Waals surface area (Å²) in [6, 6.07) is 0. The number of nitrogens with two attached hydrogens (primary N) is 1. The maximum atomic E-state index is 5.95.